The van der Waals surface area contributed by atoms with Crippen molar-refractivity contribution in [3.63, 3.8) is 0 Å². The van der Waals surface area contributed by atoms with Crippen molar-refractivity contribution in [1.82, 2.24) is 9.88 Å². The zero-order chi connectivity index (χ0) is 23.8. The Bertz CT molecular complexity index is 1270. The fourth-order valence-corrected chi connectivity index (χ4v) is 5.62. The van der Waals surface area contributed by atoms with Gasteiger partial charge in [0.1, 0.15) is 6.10 Å². The molecule has 4 heterocycles. The molecular weight excluding hydrogens is 454 g/mol. The Hall–Kier alpha value is -3.29. The number of piperidine rings is 3. The highest BCUT2D eigenvalue weighted by Crippen LogP contribution is 2.43. The van der Waals surface area contributed by atoms with Crippen LogP contribution in [0.1, 0.15) is 34.9 Å². The van der Waals surface area contributed by atoms with Gasteiger partial charge in [-0.05, 0) is 49.4 Å². The summed E-state index contributed by atoms with van der Waals surface area (Å²) in [6.07, 6.45) is 5.21. The molecule has 6 rings (SSSR count). The van der Waals surface area contributed by atoms with Gasteiger partial charge in [-0.2, -0.15) is 0 Å². The summed E-state index contributed by atoms with van der Waals surface area (Å²) in [5.41, 5.74) is 1.65. The first kappa shape index (κ1) is 22.5. The van der Waals surface area contributed by atoms with E-state index >= 15 is 0 Å². The molecule has 0 amide bonds. The van der Waals surface area contributed by atoms with Crippen molar-refractivity contribution in [1.29, 1.82) is 0 Å². The molecule has 3 aliphatic heterocycles. The molecular formula is C26H24ClN3O4. The van der Waals surface area contributed by atoms with Crippen LogP contribution in [-0.2, 0) is 4.74 Å². The summed E-state index contributed by atoms with van der Waals surface area (Å²) in [6, 6.07) is 13.5. The lowest BCUT2D eigenvalue weighted by atomic mass is 9.73. The number of esters is 1. The van der Waals surface area contributed by atoms with Crippen molar-refractivity contribution in [2.24, 2.45) is 11.8 Å². The number of ether oxygens (including phenoxy) is 1. The first-order chi connectivity index (χ1) is 16.5. The Balaban J connectivity index is 1.53. The summed E-state index contributed by atoms with van der Waals surface area (Å²) >= 11 is 6.24. The number of rotatable bonds is 6. The number of non-ortho nitro benzene ring substituents is 1. The smallest absolute Gasteiger partial charge is 0.340 e. The zero-order valence-corrected chi connectivity index (χ0v) is 19.2. The number of nitrogens with zero attached hydrogens (tertiary/aromatic N) is 3. The van der Waals surface area contributed by atoms with E-state index in [1.165, 1.54) is 18.2 Å². The molecule has 3 saturated heterocycles. The maximum atomic E-state index is 13.3. The van der Waals surface area contributed by atoms with Crippen molar-refractivity contribution < 1.29 is 14.5 Å². The van der Waals surface area contributed by atoms with E-state index in [1.54, 1.807) is 6.20 Å². The molecule has 8 heteroatoms. The number of benzene rings is 2. The number of hydrogen-bond donors (Lipinski definition) is 0. The molecule has 3 aliphatic rings. The Morgan fingerprint density at radius 1 is 1.29 bits per heavy atom. The summed E-state index contributed by atoms with van der Waals surface area (Å²) in [6.45, 7) is 5.83. The quantitative estimate of drug-likeness (QED) is 0.199. The van der Waals surface area contributed by atoms with Crippen LogP contribution >= 0.6 is 11.6 Å². The molecule has 1 unspecified atom stereocenters. The Kier molecular flexibility index (Phi) is 6.06. The van der Waals surface area contributed by atoms with E-state index in [1.807, 2.05) is 36.4 Å². The van der Waals surface area contributed by atoms with Crippen LogP contribution in [0, 0.1) is 22.0 Å². The first-order valence-corrected chi connectivity index (χ1v) is 11.7. The van der Waals surface area contributed by atoms with Crippen LogP contribution in [0.5, 0.6) is 0 Å². The van der Waals surface area contributed by atoms with Crippen LogP contribution in [0.15, 0.2) is 67.4 Å². The van der Waals surface area contributed by atoms with Crippen LogP contribution in [0.3, 0.4) is 0 Å². The molecule has 7 nitrogen and oxygen atoms in total. The number of nitro groups is 1. The predicted octanol–water partition coefficient (Wildman–Crippen LogP) is 5.59. The second kappa shape index (κ2) is 9.16. The Labute approximate surface area is 202 Å². The number of carbonyl (C=O) groups is 1. The average Bonchev–Trinajstić information content (AvgIpc) is 2.87. The fourth-order valence-electron chi connectivity index (χ4n) is 5.37. The molecule has 0 N–H and O–H groups in total. The normalized spacial score (nSPS) is 24.5. The van der Waals surface area contributed by atoms with Gasteiger partial charge in [0.25, 0.3) is 5.69 Å². The van der Waals surface area contributed by atoms with Gasteiger partial charge in [0.15, 0.2) is 0 Å². The van der Waals surface area contributed by atoms with Crippen LogP contribution in [-0.4, -0.2) is 39.9 Å². The number of para-hydroxylation sites is 1. The fraction of sp³-hybridized carbons (Fsp3) is 0.308. The molecule has 1 aromatic heterocycles. The summed E-state index contributed by atoms with van der Waals surface area (Å²) in [4.78, 5) is 30.7. The largest absolute Gasteiger partial charge is 0.452 e. The Morgan fingerprint density at radius 2 is 2.12 bits per heavy atom. The van der Waals surface area contributed by atoms with Crippen molar-refractivity contribution in [3.05, 3.63) is 93.6 Å². The van der Waals surface area contributed by atoms with Gasteiger partial charge in [0.05, 0.1) is 27.1 Å². The van der Waals surface area contributed by atoms with Gasteiger partial charge < -0.3 is 4.74 Å². The number of halogens is 1. The number of aromatic nitrogens is 1. The lowest BCUT2D eigenvalue weighted by molar-refractivity contribution is -0.384. The molecule has 0 radical (unpaired) electrons. The molecule has 3 fully saturated rings. The second-order valence-corrected chi connectivity index (χ2v) is 9.32. The third-order valence-electron chi connectivity index (χ3n) is 7.11. The summed E-state index contributed by atoms with van der Waals surface area (Å²) in [7, 11) is 0. The predicted molar refractivity (Wildman–Crippen MR) is 130 cm³/mol. The van der Waals surface area contributed by atoms with Crippen LogP contribution in [0.2, 0.25) is 5.02 Å². The minimum absolute atomic E-state index is 0.00142. The maximum Gasteiger partial charge on any atom is 0.340 e. The highest BCUT2D eigenvalue weighted by Gasteiger charge is 2.44. The van der Waals surface area contributed by atoms with Gasteiger partial charge in [0, 0.05) is 35.8 Å². The number of fused-ring (bicyclic) bond motifs is 4. The van der Waals surface area contributed by atoms with Crippen LogP contribution < -0.4 is 0 Å². The van der Waals surface area contributed by atoms with Crippen molar-refractivity contribution >= 4 is 34.2 Å². The number of hydrogen-bond acceptors (Lipinski definition) is 6. The van der Waals surface area contributed by atoms with E-state index in [4.69, 9.17) is 16.3 Å². The molecule has 174 valence electrons. The molecule has 2 aromatic carbocycles. The lowest BCUT2D eigenvalue weighted by Gasteiger charge is -2.51. The maximum absolute atomic E-state index is 13.3. The van der Waals surface area contributed by atoms with Crippen LogP contribution in [0.4, 0.5) is 5.69 Å². The molecule has 5 atom stereocenters. The van der Waals surface area contributed by atoms with E-state index in [0.717, 1.165) is 42.4 Å². The SMILES string of the molecule is C=C[C@H]1CN2CC[C@@H]1C[C@H]2[C@H](OC(=O)c1ccc([N+](=O)[O-])cc1Cl)c1ccnc2ccccc12. The first-order valence-electron chi connectivity index (χ1n) is 11.3. The van der Waals surface area contributed by atoms with Gasteiger partial charge in [-0.1, -0.05) is 35.9 Å². The van der Waals surface area contributed by atoms with Gasteiger partial charge in [-0.25, -0.2) is 4.79 Å². The van der Waals surface area contributed by atoms with E-state index in [2.05, 4.69) is 16.5 Å². The van der Waals surface area contributed by atoms with Gasteiger partial charge in [-0.15, -0.1) is 6.58 Å². The standard InChI is InChI=1S/C26H24ClN3O4/c1-2-16-15-29-12-10-17(16)13-24(29)25(20-9-11-28-23-6-4-3-5-19(20)23)34-26(31)21-8-7-18(30(32)33)14-22(21)27/h2-9,11,14,16-17,24-25H,1,10,12-13,15H2/t16-,17+,24-,25+/m0/s1. The van der Waals surface area contributed by atoms with Gasteiger partial charge in [-0.3, -0.25) is 20.0 Å². The molecule has 0 spiro atoms. The van der Waals surface area contributed by atoms with E-state index in [-0.39, 0.29) is 22.3 Å². The minimum Gasteiger partial charge on any atom is -0.452 e. The molecule has 0 saturated carbocycles. The van der Waals surface area contributed by atoms with Gasteiger partial charge in [0.2, 0.25) is 0 Å². The third-order valence-corrected chi connectivity index (χ3v) is 7.42. The third kappa shape index (κ3) is 4.06. The minimum atomic E-state index is -0.603. The Morgan fingerprint density at radius 3 is 2.82 bits per heavy atom. The molecule has 34 heavy (non-hydrogen) atoms. The van der Waals surface area contributed by atoms with Crippen molar-refractivity contribution in [3.8, 4) is 0 Å². The monoisotopic (exact) mass is 477 g/mol. The summed E-state index contributed by atoms with van der Waals surface area (Å²) in [5.74, 6) is 0.318. The molecule has 0 aliphatic carbocycles. The van der Waals surface area contributed by atoms with Crippen molar-refractivity contribution in [2.75, 3.05) is 13.1 Å². The number of carbonyl (C=O) groups excluding carboxylic acids is 1. The zero-order valence-electron chi connectivity index (χ0n) is 18.5. The highest BCUT2D eigenvalue weighted by molar-refractivity contribution is 6.33. The number of nitro benzene ring substituents is 1. The second-order valence-electron chi connectivity index (χ2n) is 8.91. The lowest BCUT2D eigenvalue weighted by Crippen LogP contribution is -2.55. The molecule has 3 aromatic rings. The highest BCUT2D eigenvalue weighted by atomic mass is 35.5. The average molecular weight is 478 g/mol. The topological polar surface area (TPSA) is 85.6 Å². The summed E-state index contributed by atoms with van der Waals surface area (Å²) < 4.78 is 6.18. The van der Waals surface area contributed by atoms with E-state index in [9.17, 15) is 14.9 Å². The number of pyridine rings is 1. The van der Waals surface area contributed by atoms with Crippen molar-refractivity contribution in [2.45, 2.75) is 25.0 Å². The summed E-state index contributed by atoms with van der Waals surface area (Å²) in [5, 5.41) is 12.0. The van der Waals surface area contributed by atoms with E-state index < -0.39 is 17.0 Å². The van der Waals surface area contributed by atoms with Gasteiger partial charge >= 0.3 is 5.97 Å². The van der Waals surface area contributed by atoms with E-state index in [0.29, 0.717) is 11.8 Å². The van der Waals surface area contributed by atoms with Crippen LogP contribution in [0.25, 0.3) is 10.9 Å². The molecule has 2 bridgehead atoms.